The van der Waals surface area contributed by atoms with E-state index in [1.807, 2.05) is 39.8 Å². The van der Waals surface area contributed by atoms with E-state index in [1.165, 1.54) is 0 Å². The van der Waals surface area contributed by atoms with Gasteiger partial charge in [-0.3, -0.25) is 9.78 Å². The monoisotopic (exact) mass is 321 g/mol. The number of guanidine groups is 1. The normalized spacial score (nSPS) is 11.7. The summed E-state index contributed by atoms with van der Waals surface area (Å²) in [4.78, 5) is 20.0. The van der Waals surface area contributed by atoms with Crippen LogP contribution in [0, 0.1) is 0 Å². The highest BCUT2D eigenvalue weighted by Crippen LogP contribution is 2.04. The van der Waals surface area contributed by atoms with Gasteiger partial charge in [-0.2, -0.15) is 0 Å². The van der Waals surface area contributed by atoms with Gasteiger partial charge in [0.1, 0.15) is 18.9 Å². The molecule has 0 unspecified atom stereocenters. The minimum absolute atomic E-state index is 0.0794. The average molecular weight is 321 g/mol. The van der Waals surface area contributed by atoms with Crippen LogP contribution in [0.15, 0.2) is 29.5 Å². The lowest BCUT2D eigenvalue weighted by Crippen LogP contribution is -2.43. The van der Waals surface area contributed by atoms with Crippen molar-refractivity contribution in [1.29, 1.82) is 0 Å². The fourth-order valence-corrected chi connectivity index (χ4v) is 1.72. The molecule has 0 aromatic carbocycles. The van der Waals surface area contributed by atoms with Gasteiger partial charge in [-0.05, 0) is 39.8 Å². The SMILES string of the molecule is CCNC(=NCC(=O)NC(C)(C)C)NCCOc1cccnc1. The first kappa shape index (κ1) is 18.7. The van der Waals surface area contributed by atoms with Gasteiger partial charge in [-0.15, -0.1) is 0 Å². The minimum atomic E-state index is -0.254. The maximum atomic E-state index is 11.8. The Bertz CT molecular complexity index is 497. The average Bonchev–Trinajstić information content (AvgIpc) is 2.48. The summed E-state index contributed by atoms with van der Waals surface area (Å²) < 4.78 is 5.54. The molecule has 1 aromatic heterocycles. The number of amides is 1. The van der Waals surface area contributed by atoms with Crippen LogP contribution >= 0.6 is 0 Å². The topological polar surface area (TPSA) is 87.6 Å². The standard InChI is InChI=1S/C16H27N5O2/c1-5-18-15(20-12-14(22)21-16(2,3)4)19-9-10-23-13-7-6-8-17-11-13/h6-8,11H,5,9-10,12H2,1-4H3,(H,21,22)(H2,18,19,20). The maximum Gasteiger partial charge on any atom is 0.242 e. The number of nitrogens with zero attached hydrogens (tertiary/aromatic N) is 2. The Kier molecular flexibility index (Phi) is 7.87. The van der Waals surface area contributed by atoms with Crippen molar-refractivity contribution >= 4 is 11.9 Å². The highest BCUT2D eigenvalue weighted by molar-refractivity contribution is 5.85. The summed E-state index contributed by atoms with van der Waals surface area (Å²) in [5.41, 5.74) is -0.254. The lowest BCUT2D eigenvalue weighted by molar-refractivity contribution is -0.121. The van der Waals surface area contributed by atoms with Gasteiger partial charge in [0.15, 0.2) is 5.96 Å². The first-order valence-corrected chi connectivity index (χ1v) is 7.76. The van der Waals surface area contributed by atoms with Crippen LogP contribution in [-0.4, -0.2) is 48.6 Å². The Morgan fingerprint density at radius 2 is 2.13 bits per heavy atom. The third-order valence-electron chi connectivity index (χ3n) is 2.54. The van der Waals surface area contributed by atoms with Crippen LogP contribution in [0.1, 0.15) is 27.7 Å². The molecular formula is C16H27N5O2. The number of pyridine rings is 1. The third-order valence-corrected chi connectivity index (χ3v) is 2.54. The predicted octanol–water partition coefficient (Wildman–Crippen LogP) is 0.930. The molecule has 0 aliphatic carbocycles. The summed E-state index contributed by atoms with van der Waals surface area (Å²) in [6.07, 6.45) is 3.36. The molecule has 3 N–H and O–H groups in total. The summed E-state index contributed by atoms with van der Waals surface area (Å²) in [6, 6.07) is 3.67. The van der Waals surface area contributed by atoms with Crippen LogP contribution in [0.5, 0.6) is 5.75 Å². The number of nitrogens with one attached hydrogen (secondary N) is 3. The fourth-order valence-electron chi connectivity index (χ4n) is 1.72. The van der Waals surface area contributed by atoms with Crippen molar-refractivity contribution in [3.8, 4) is 5.75 Å². The van der Waals surface area contributed by atoms with Crippen molar-refractivity contribution < 1.29 is 9.53 Å². The van der Waals surface area contributed by atoms with Crippen LogP contribution in [0.3, 0.4) is 0 Å². The molecule has 0 saturated heterocycles. The molecular weight excluding hydrogens is 294 g/mol. The minimum Gasteiger partial charge on any atom is -0.490 e. The van der Waals surface area contributed by atoms with Gasteiger partial charge >= 0.3 is 0 Å². The van der Waals surface area contributed by atoms with E-state index in [9.17, 15) is 4.79 Å². The van der Waals surface area contributed by atoms with Crippen LogP contribution in [0.4, 0.5) is 0 Å². The van der Waals surface area contributed by atoms with Crippen LogP contribution in [0.25, 0.3) is 0 Å². The zero-order valence-corrected chi connectivity index (χ0v) is 14.3. The summed E-state index contributed by atoms with van der Waals surface area (Å²) in [7, 11) is 0. The first-order chi connectivity index (χ1) is 10.9. The van der Waals surface area contributed by atoms with Gasteiger partial charge in [0.05, 0.1) is 12.7 Å². The molecule has 0 aliphatic heterocycles. The maximum absolute atomic E-state index is 11.8. The van der Waals surface area contributed by atoms with Gasteiger partial charge in [0, 0.05) is 18.3 Å². The van der Waals surface area contributed by atoms with Crippen molar-refractivity contribution in [2.45, 2.75) is 33.2 Å². The third kappa shape index (κ3) is 9.34. The zero-order valence-electron chi connectivity index (χ0n) is 14.3. The Hall–Kier alpha value is -2.31. The van der Waals surface area contributed by atoms with Gasteiger partial charge in [-0.25, -0.2) is 4.99 Å². The van der Waals surface area contributed by atoms with E-state index < -0.39 is 0 Å². The molecule has 23 heavy (non-hydrogen) atoms. The molecule has 1 amide bonds. The molecule has 0 aliphatic rings. The Balaban J connectivity index is 2.36. The number of carbonyl (C=O) groups excluding carboxylic acids is 1. The van der Waals surface area contributed by atoms with Crippen molar-refractivity contribution in [1.82, 2.24) is 20.9 Å². The lowest BCUT2D eigenvalue weighted by Gasteiger charge is -2.20. The predicted molar refractivity (Wildman–Crippen MR) is 91.6 cm³/mol. The number of aliphatic imine (C=N–C) groups is 1. The van der Waals surface area contributed by atoms with Gasteiger partial charge < -0.3 is 20.7 Å². The van der Waals surface area contributed by atoms with E-state index in [2.05, 4.69) is 25.9 Å². The van der Waals surface area contributed by atoms with Crippen molar-refractivity contribution in [2.24, 2.45) is 4.99 Å². The summed E-state index contributed by atoms with van der Waals surface area (Å²) in [5.74, 6) is 1.20. The number of hydrogen-bond donors (Lipinski definition) is 3. The molecule has 0 atom stereocenters. The molecule has 7 nitrogen and oxygen atoms in total. The number of carbonyl (C=O) groups is 1. The molecule has 128 valence electrons. The lowest BCUT2D eigenvalue weighted by atomic mass is 10.1. The molecule has 0 spiro atoms. The second-order valence-corrected chi connectivity index (χ2v) is 5.96. The summed E-state index contributed by atoms with van der Waals surface area (Å²) in [6.45, 7) is 9.63. The molecule has 0 fully saturated rings. The second-order valence-electron chi connectivity index (χ2n) is 5.96. The van der Waals surface area contributed by atoms with Crippen molar-refractivity contribution in [3.05, 3.63) is 24.5 Å². The zero-order chi connectivity index (χ0) is 17.1. The van der Waals surface area contributed by atoms with E-state index in [0.717, 1.165) is 12.3 Å². The van der Waals surface area contributed by atoms with Gasteiger partial charge in [0.25, 0.3) is 0 Å². The second kappa shape index (κ2) is 9.66. The highest BCUT2D eigenvalue weighted by Gasteiger charge is 2.13. The van der Waals surface area contributed by atoms with Crippen LogP contribution in [0.2, 0.25) is 0 Å². The summed E-state index contributed by atoms with van der Waals surface area (Å²) >= 11 is 0. The van der Waals surface area contributed by atoms with Crippen molar-refractivity contribution in [3.63, 3.8) is 0 Å². The number of ether oxygens (including phenoxy) is 1. The Labute approximate surface area is 137 Å². The smallest absolute Gasteiger partial charge is 0.242 e. The van der Waals surface area contributed by atoms with E-state index in [-0.39, 0.29) is 18.0 Å². The largest absolute Gasteiger partial charge is 0.490 e. The van der Waals surface area contributed by atoms with Gasteiger partial charge in [-0.1, -0.05) is 0 Å². The van der Waals surface area contributed by atoms with Crippen LogP contribution < -0.4 is 20.7 Å². The fraction of sp³-hybridized carbons (Fsp3) is 0.562. The molecule has 1 aromatic rings. The first-order valence-electron chi connectivity index (χ1n) is 7.76. The van der Waals surface area contributed by atoms with Crippen molar-refractivity contribution in [2.75, 3.05) is 26.2 Å². The van der Waals surface area contributed by atoms with E-state index in [1.54, 1.807) is 12.4 Å². The summed E-state index contributed by atoms with van der Waals surface area (Å²) in [5, 5.41) is 9.09. The Morgan fingerprint density at radius 1 is 1.35 bits per heavy atom. The van der Waals surface area contributed by atoms with E-state index in [0.29, 0.717) is 19.1 Å². The Morgan fingerprint density at radius 3 is 2.74 bits per heavy atom. The quantitative estimate of drug-likeness (QED) is 0.395. The molecule has 0 saturated carbocycles. The van der Waals surface area contributed by atoms with Crippen LogP contribution in [-0.2, 0) is 4.79 Å². The molecule has 0 bridgehead atoms. The number of aromatic nitrogens is 1. The number of rotatable bonds is 7. The number of hydrogen-bond acceptors (Lipinski definition) is 4. The van der Waals surface area contributed by atoms with Gasteiger partial charge in [0.2, 0.25) is 5.91 Å². The molecule has 1 rings (SSSR count). The molecule has 1 heterocycles. The highest BCUT2D eigenvalue weighted by atomic mass is 16.5. The molecule has 7 heteroatoms. The van der Waals surface area contributed by atoms with E-state index in [4.69, 9.17) is 4.74 Å². The van der Waals surface area contributed by atoms with E-state index >= 15 is 0 Å². The molecule has 0 radical (unpaired) electrons.